The number of nitrogens with zero attached hydrogens (tertiary/aromatic N) is 4. The molecule has 0 spiro atoms. The van der Waals surface area contributed by atoms with Gasteiger partial charge in [0.05, 0.1) is 39.5 Å². The molecule has 8 aromatic carbocycles. The second kappa shape index (κ2) is 14.9. The Morgan fingerprint density at radius 1 is 0.306 bits per heavy atom. The fourth-order valence-electron chi connectivity index (χ4n) is 8.84. The van der Waals surface area contributed by atoms with Crippen LogP contribution in [0.4, 0.5) is 0 Å². The normalized spacial score (nSPS) is 11.5. The number of thiophene rings is 1. The second-order valence-corrected chi connectivity index (χ2v) is 16.7. The van der Waals surface area contributed by atoms with Gasteiger partial charge in [0, 0.05) is 64.3 Å². The molecule has 5 heteroatoms. The van der Waals surface area contributed by atoms with E-state index in [-0.39, 0.29) is 0 Å². The lowest BCUT2D eigenvalue weighted by Crippen LogP contribution is -2.00. The van der Waals surface area contributed by atoms with Crippen LogP contribution in [0.3, 0.4) is 0 Å². The minimum absolute atomic E-state index is 0.684. The third-order valence-corrected chi connectivity index (χ3v) is 12.9. The van der Waals surface area contributed by atoms with Crippen LogP contribution in [0.25, 0.3) is 115 Å². The highest BCUT2D eigenvalue weighted by molar-refractivity contribution is 7.25. The zero-order chi connectivity index (χ0) is 41.0. The van der Waals surface area contributed by atoms with E-state index in [1.54, 1.807) is 0 Å². The summed E-state index contributed by atoms with van der Waals surface area (Å²) in [5.41, 5.74) is 14.2. The highest BCUT2D eigenvalue weighted by Crippen LogP contribution is 2.44. The molecule has 4 nitrogen and oxygen atoms in total. The van der Waals surface area contributed by atoms with E-state index in [1.807, 2.05) is 35.6 Å². The van der Waals surface area contributed by atoms with Gasteiger partial charge < -0.3 is 4.57 Å². The lowest BCUT2D eigenvalue weighted by atomic mass is 9.95. The Hall–Kier alpha value is -7.99. The molecule has 0 fully saturated rings. The molecule has 62 heavy (non-hydrogen) atoms. The Morgan fingerprint density at radius 2 is 0.839 bits per heavy atom. The standard InChI is InChI=1S/C57H36N4S/c1-5-17-37(18-6-1)48-32-42(33-49(58-48)38-19-7-2-8-20-38)45-31-41(51-36-50(39-21-9-3-10-22-39)59-57(60-51)40-23-11-4-12-24-40)29-30-53(45)61-52-27-15-13-25-43(52)46-35-56-47(34-54(46)61)44-26-14-16-28-55(44)62-56/h1-36H. The largest absolute Gasteiger partial charge is 0.309 e. The highest BCUT2D eigenvalue weighted by atomic mass is 32.1. The van der Waals surface area contributed by atoms with Crippen molar-refractivity contribution in [2.75, 3.05) is 0 Å². The Labute approximate surface area is 362 Å². The summed E-state index contributed by atoms with van der Waals surface area (Å²) < 4.78 is 5.05. The smallest absolute Gasteiger partial charge is 0.160 e. The highest BCUT2D eigenvalue weighted by Gasteiger charge is 2.21. The third kappa shape index (κ3) is 6.26. The number of pyridine rings is 1. The SMILES string of the molecule is c1ccc(-c2cc(-c3cc(-c4cc(-c5ccccc5)nc(-c5ccccc5)n4)ccc3-n3c4ccccc4c4cc5sc6ccccc6c5cc43)cc(-c3ccccc3)n2)cc1. The first-order valence-corrected chi connectivity index (χ1v) is 21.7. The van der Waals surface area contributed by atoms with Crippen molar-refractivity contribution in [3.8, 4) is 73.2 Å². The van der Waals surface area contributed by atoms with Gasteiger partial charge in [0.25, 0.3) is 0 Å². The molecule has 0 amide bonds. The van der Waals surface area contributed by atoms with Gasteiger partial charge in [0.2, 0.25) is 0 Å². The van der Waals surface area contributed by atoms with Crippen molar-refractivity contribution < 1.29 is 0 Å². The average Bonchev–Trinajstić information content (AvgIpc) is 3.88. The summed E-state index contributed by atoms with van der Waals surface area (Å²) >= 11 is 1.86. The van der Waals surface area contributed by atoms with Crippen molar-refractivity contribution >= 4 is 53.3 Å². The van der Waals surface area contributed by atoms with Gasteiger partial charge in [-0.2, -0.15) is 0 Å². The molecule has 0 aliphatic heterocycles. The first kappa shape index (κ1) is 35.9. The quantitative estimate of drug-likeness (QED) is 0.161. The van der Waals surface area contributed by atoms with Crippen molar-refractivity contribution in [3.05, 3.63) is 218 Å². The summed E-state index contributed by atoms with van der Waals surface area (Å²) in [6.07, 6.45) is 0. The van der Waals surface area contributed by atoms with Gasteiger partial charge in [0.1, 0.15) is 0 Å². The summed E-state index contributed by atoms with van der Waals surface area (Å²) in [5, 5.41) is 5.00. The lowest BCUT2D eigenvalue weighted by molar-refractivity contribution is 1.17. The van der Waals surface area contributed by atoms with E-state index in [1.165, 1.54) is 30.9 Å². The summed E-state index contributed by atoms with van der Waals surface area (Å²) in [7, 11) is 0. The molecule has 12 aromatic rings. The molecular formula is C57H36N4S. The molecule has 0 bridgehead atoms. The summed E-state index contributed by atoms with van der Waals surface area (Å²) in [4.78, 5) is 15.7. The molecule has 4 heterocycles. The van der Waals surface area contributed by atoms with Crippen LogP contribution in [0, 0.1) is 0 Å². The van der Waals surface area contributed by atoms with Crippen LogP contribution in [-0.4, -0.2) is 19.5 Å². The molecule has 4 aromatic heterocycles. The minimum atomic E-state index is 0.684. The number of benzene rings is 8. The zero-order valence-corrected chi connectivity index (χ0v) is 34.3. The van der Waals surface area contributed by atoms with Gasteiger partial charge >= 0.3 is 0 Å². The van der Waals surface area contributed by atoms with Crippen molar-refractivity contribution in [3.63, 3.8) is 0 Å². The van der Waals surface area contributed by atoms with Crippen molar-refractivity contribution in [1.29, 1.82) is 0 Å². The van der Waals surface area contributed by atoms with Crippen LogP contribution in [0.2, 0.25) is 0 Å². The lowest BCUT2D eigenvalue weighted by Gasteiger charge is -2.18. The van der Waals surface area contributed by atoms with Crippen molar-refractivity contribution in [2.45, 2.75) is 0 Å². The van der Waals surface area contributed by atoms with Crippen molar-refractivity contribution in [1.82, 2.24) is 19.5 Å². The van der Waals surface area contributed by atoms with Crippen LogP contribution < -0.4 is 0 Å². The Bertz CT molecular complexity index is 3500. The molecule has 0 radical (unpaired) electrons. The van der Waals surface area contributed by atoms with Gasteiger partial charge in [-0.1, -0.05) is 164 Å². The molecule has 0 aliphatic carbocycles. The predicted molar refractivity (Wildman–Crippen MR) is 260 cm³/mol. The number of fused-ring (bicyclic) bond motifs is 6. The zero-order valence-electron chi connectivity index (χ0n) is 33.5. The number of para-hydroxylation sites is 1. The van der Waals surface area contributed by atoms with Gasteiger partial charge in [-0.05, 0) is 60.2 Å². The van der Waals surface area contributed by atoms with E-state index >= 15 is 0 Å². The Morgan fingerprint density at radius 3 is 1.48 bits per heavy atom. The molecule has 0 saturated carbocycles. The number of hydrogen-bond acceptors (Lipinski definition) is 4. The van der Waals surface area contributed by atoms with E-state index < -0.39 is 0 Å². The fourth-order valence-corrected chi connectivity index (χ4v) is 9.96. The average molecular weight is 809 g/mol. The Kier molecular flexibility index (Phi) is 8.65. The minimum Gasteiger partial charge on any atom is -0.309 e. The fraction of sp³-hybridized carbons (Fsp3) is 0. The number of hydrogen-bond donors (Lipinski definition) is 0. The first-order chi connectivity index (χ1) is 30.7. The van der Waals surface area contributed by atoms with E-state index in [0.717, 1.165) is 78.4 Å². The maximum Gasteiger partial charge on any atom is 0.160 e. The van der Waals surface area contributed by atoms with Gasteiger partial charge in [-0.15, -0.1) is 11.3 Å². The maximum absolute atomic E-state index is 5.29. The number of aromatic nitrogens is 4. The molecule has 12 rings (SSSR count). The van der Waals surface area contributed by atoms with Crippen molar-refractivity contribution in [2.24, 2.45) is 0 Å². The molecule has 0 atom stereocenters. The van der Waals surface area contributed by atoms with Crippen LogP contribution in [-0.2, 0) is 0 Å². The maximum atomic E-state index is 5.29. The second-order valence-electron chi connectivity index (χ2n) is 15.6. The van der Waals surface area contributed by atoms with E-state index in [9.17, 15) is 0 Å². The third-order valence-electron chi connectivity index (χ3n) is 11.8. The van der Waals surface area contributed by atoms with E-state index in [4.69, 9.17) is 15.0 Å². The summed E-state index contributed by atoms with van der Waals surface area (Å²) in [6.45, 7) is 0. The molecule has 0 N–H and O–H groups in total. The Balaban J connectivity index is 1.17. The molecule has 0 saturated heterocycles. The van der Waals surface area contributed by atoms with Crippen LogP contribution >= 0.6 is 11.3 Å². The van der Waals surface area contributed by atoms with Crippen LogP contribution in [0.5, 0.6) is 0 Å². The predicted octanol–water partition coefficient (Wildman–Crippen LogP) is 15.3. The van der Waals surface area contributed by atoms with Gasteiger partial charge in [0.15, 0.2) is 5.82 Å². The molecule has 290 valence electrons. The first-order valence-electron chi connectivity index (χ1n) is 20.8. The van der Waals surface area contributed by atoms with Gasteiger partial charge in [-0.3, -0.25) is 0 Å². The van der Waals surface area contributed by atoms with E-state index in [0.29, 0.717) is 5.82 Å². The van der Waals surface area contributed by atoms with E-state index in [2.05, 4.69) is 199 Å². The molecule has 0 unspecified atom stereocenters. The topological polar surface area (TPSA) is 43.6 Å². The molecule has 0 aliphatic rings. The summed E-state index contributed by atoms with van der Waals surface area (Å²) in [6, 6.07) is 77.4. The number of rotatable bonds is 7. The van der Waals surface area contributed by atoms with Gasteiger partial charge in [-0.25, -0.2) is 15.0 Å². The summed E-state index contributed by atoms with van der Waals surface area (Å²) in [5.74, 6) is 0.684. The van der Waals surface area contributed by atoms with Crippen LogP contribution in [0.15, 0.2) is 218 Å². The molecular weight excluding hydrogens is 773 g/mol. The van der Waals surface area contributed by atoms with Crippen LogP contribution in [0.1, 0.15) is 0 Å². The monoisotopic (exact) mass is 808 g/mol.